The average Bonchev–Trinajstić information content (AvgIpc) is 3.29. The van der Waals surface area contributed by atoms with Gasteiger partial charge in [0.05, 0.1) is 25.3 Å². The van der Waals surface area contributed by atoms with E-state index in [1.807, 2.05) is 12.1 Å². The van der Waals surface area contributed by atoms with Crippen LogP contribution in [-0.2, 0) is 11.3 Å². The lowest BCUT2D eigenvalue weighted by molar-refractivity contribution is 0.127. The van der Waals surface area contributed by atoms with Crippen molar-refractivity contribution in [2.24, 2.45) is 5.41 Å². The lowest BCUT2D eigenvalue weighted by Crippen LogP contribution is -2.39. The summed E-state index contributed by atoms with van der Waals surface area (Å²) < 4.78 is 12.5. The van der Waals surface area contributed by atoms with Gasteiger partial charge in [-0.15, -0.1) is 0 Å². The molecule has 10 nitrogen and oxygen atoms in total. The van der Waals surface area contributed by atoms with Crippen LogP contribution < -0.4 is 15.6 Å². The minimum absolute atomic E-state index is 0.124. The molecule has 0 radical (unpaired) electrons. The number of nitrogens with zero attached hydrogens (tertiary/aromatic N) is 5. The highest BCUT2D eigenvalue weighted by Crippen LogP contribution is 2.24. The SMILES string of the molecule is CCCOCCn1c(=O)c(NCC(C)(C)CN2CC[C@H](O)C2)nc2ncc(-c3ccc(OC)nc3)cc21. The van der Waals surface area contributed by atoms with E-state index in [0.29, 0.717) is 49.9 Å². The molecule has 4 rings (SSSR count). The van der Waals surface area contributed by atoms with Gasteiger partial charge in [-0.05, 0) is 30.4 Å². The Morgan fingerprint density at radius 3 is 2.68 bits per heavy atom. The first-order chi connectivity index (χ1) is 17.8. The van der Waals surface area contributed by atoms with Gasteiger partial charge in [-0.3, -0.25) is 9.36 Å². The van der Waals surface area contributed by atoms with Gasteiger partial charge in [-0.1, -0.05) is 20.8 Å². The number of fused-ring (bicyclic) bond motifs is 1. The van der Waals surface area contributed by atoms with Crippen LogP contribution in [0.15, 0.2) is 35.4 Å². The van der Waals surface area contributed by atoms with Crippen molar-refractivity contribution < 1.29 is 14.6 Å². The van der Waals surface area contributed by atoms with Crippen LogP contribution in [-0.4, -0.2) is 82.1 Å². The highest BCUT2D eigenvalue weighted by Gasteiger charge is 2.27. The van der Waals surface area contributed by atoms with Crippen molar-refractivity contribution in [3.8, 4) is 17.0 Å². The Kier molecular flexibility index (Phi) is 8.73. The molecular formula is C27H38N6O4. The van der Waals surface area contributed by atoms with Crippen molar-refractivity contribution >= 4 is 17.0 Å². The van der Waals surface area contributed by atoms with E-state index < -0.39 is 0 Å². The van der Waals surface area contributed by atoms with Crippen LogP contribution in [0, 0.1) is 5.41 Å². The smallest absolute Gasteiger partial charge is 0.293 e. The Morgan fingerprint density at radius 2 is 2.00 bits per heavy atom. The van der Waals surface area contributed by atoms with Crippen molar-refractivity contribution in [3.63, 3.8) is 0 Å². The highest BCUT2D eigenvalue weighted by atomic mass is 16.5. The van der Waals surface area contributed by atoms with Crippen molar-refractivity contribution in [2.45, 2.75) is 46.3 Å². The molecule has 200 valence electrons. The molecule has 2 N–H and O–H groups in total. The molecule has 1 fully saturated rings. The molecule has 0 amide bonds. The number of β-amino-alcohol motifs (C(OH)–C–C–N with tert-alkyl or cyclic N) is 1. The maximum atomic E-state index is 13.6. The molecule has 37 heavy (non-hydrogen) atoms. The van der Waals surface area contributed by atoms with E-state index in [2.05, 4.69) is 45.9 Å². The number of pyridine rings is 2. The van der Waals surface area contributed by atoms with Gasteiger partial charge in [-0.25, -0.2) is 15.0 Å². The van der Waals surface area contributed by atoms with Crippen LogP contribution in [0.25, 0.3) is 22.3 Å². The van der Waals surface area contributed by atoms with Crippen LogP contribution >= 0.6 is 0 Å². The summed E-state index contributed by atoms with van der Waals surface area (Å²) >= 11 is 0. The molecule has 1 saturated heterocycles. The molecule has 0 spiro atoms. The summed E-state index contributed by atoms with van der Waals surface area (Å²) in [7, 11) is 1.58. The molecule has 0 aromatic carbocycles. The fourth-order valence-electron chi connectivity index (χ4n) is 4.63. The summed E-state index contributed by atoms with van der Waals surface area (Å²) in [5, 5.41) is 13.1. The number of nitrogens with one attached hydrogen (secondary N) is 1. The van der Waals surface area contributed by atoms with E-state index in [0.717, 1.165) is 37.1 Å². The maximum absolute atomic E-state index is 13.6. The van der Waals surface area contributed by atoms with Gasteiger partial charge in [0.25, 0.3) is 5.56 Å². The number of aliphatic hydroxyl groups is 1. The summed E-state index contributed by atoms with van der Waals surface area (Å²) in [5.41, 5.74) is 2.51. The third-order valence-electron chi connectivity index (χ3n) is 6.52. The number of hydrogen-bond acceptors (Lipinski definition) is 9. The number of likely N-dealkylation sites (tertiary alicyclic amines) is 1. The van der Waals surface area contributed by atoms with Crippen LogP contribution in [0.2, 0.25) is 0 Å². The number of rotatable bonds is 12. The maximum Gasteiger partial charge on any atom is 0.293 e. The lowest BCUT2D eigenvalue weighted by atomic mass is 9.93. The van der Waals surface area contributed by atoms with E-state index in [1.165, 1.54) is 0 Å². The quantitative estimate of drug-likeness (QED) is 0.355. The van der Waals surface area contributed by atoms with Gasteiger partial charge in [-0.2, -0.15) is 0 Å². The standard InChI is InChI=1S/C27H38N6O4/c1-5-11-37-12-10-33-22-13-20(19-6-7-23(36-4)28-14-19)15-29-24(22)31-25(26(33)35)30-17-27(2,3)18-32-9-8-21(34)16-32/h6-7,13-15,21,34H,5,8-12,16-18H2,1-4H3,(H,29,30,31)/t21-/m0/s1. The summed E-state index contributed by atoms with van der Waals surface area (Å²) in [4.78, 5) is 29.3. The molecule has 1 atom stereocenters. The average molecular weight is 511 g/mol. The normalized spacial score (nSPS) is 16.4. The van der Waals surface area contributed by atoms with E-state index >= 15 is 0 Å². The summed E-state index contributed by atoms with van der Waals surface area (Å²) in [6.45, 7) is 10.8. The Hall–Kier alpha value is -3.08. The summed E-state index contributed by atoms with van der Waals surface area (Å²) in [5.74, 6) is 0.813. The van der Waals surface area contributed by atoms with E-state index in [1.54, 1.807) is 30.1 Å². The third-order valence-corrected chi connectivity index (χ3v) is 6.52. The molecule has 0 aliphatic carbocycles. The molecular weight excluding hydrogens is 472 g/mol. The molecule has 4 heterocycles. The predicted octanol–water partition coefficient (Wildman–Crippen LogP) is 2.79. The zero-order valence-electron chi connectivity index (χ0n) is 22.2. The molecule has 1 aliphatic heterocycles. The molecule has 0 saturated carbocycles. The van der Waals surface area contributed by atoms with Crippen molar-refractivity contribution in [2.75, 3.05) is 51.8 Å². The fraction of sp³-hybridized carbons (Fsp3) is 0.556. The van der Waals surface area contributed by atoms with Gasteiger partial charge in [0.15, 0.2) is 11.5 Å². The summed E-state index contributed by atoms with van der Waals surface area (Å²) in [6, 6.07) is 5.62. The van der Waals surface area contributed by atoms with Gasteiger partial charge in [0.2, 0.25) is 5.88 Å². The fourth-order valence-corrected chi connectivity index (χ4v) is 4.63. The number of aliphatic hydroxyl groups excluding tert-OH is 1. The number of aromatic nitrogens is 4. The zero-order chi connectivity index (χ0) is 26.4. The molecule has 10 heteroatoms. The molecule has 1 aliphatic rings. The predicted molar refractivity (Wildman–Crippen MR) is 144 cm³/mol. The zero-order valence-corrected chi connectivity index (χ0v) is 22.2. The van der Waals surface area contributed by atoms with Gasteiger partial charge < -0.3 is 24.8 Å². The van der Waals surface area contributed by atoms with Crippen LogP contribution in [0.1, 0.15) is 33.6 Å². The number of ether oxygens (including phenoxy) is 2. The summed E-state index contributed by atoms with van der Waals surface area (Å²) in [6.07, 6.45) is 4.93. The first-order valence-corrected chi connectivity index (χ1v) is 12.9. The van der Waals surface area contributed by atoms with E-state index in [-0.39, 0.29) is 22.9 Å². The first kappa shape index (κ1) is 27.0. The largest absolute Gasteiger partial charge is 0.481 e. The third kappa shape index (κ3) is 6.82. The Bertz CT molecular complexity index is 1240. The van der Waals surface area contributed by atoms with Gasteiger partial charge in [0.1, 0.15) is 0 Å². The van der Waals surface area contributed by atoms with E-state index in [4.69, 9.17) is 9.47 Å². The molecule has 3 aromatic heterocycles. The topological polar surface area (TPSA) is 115 Å². The van der Waals surface area contributed by atoms with Gasteiger partial charge >= 0.3 is 0 Å². The van der Waals surface area contributed by atoms with Crippen LogP contribution in [0.5, 0.6) is 5.88 Å². The monoisotopic (exact) mass is 510 g/mol. The second-order valence-corrected chi connectivity index (χ2v) is 10.4. The minimum atomic E-state index is -0.252. The second-order valence-electron chi connectivity index (χ2n) is 10.4. The first-order valence-electron chi connectivity index (χ1n) is 12.9. The Balaban J connectivity index is 1.61. The minimum Gasteiger partial charge on any atom is -0.481 e. The van der Waals surface area contributed by atoms with Crippen LogP contribution in [0.3, 0.4) is 0 Å². The van der Waals surface area contributed by atoms with Crippen molar-refractivity contribution in [1.29, 1.82) is 0 Å². The molecule has 0 unspecified atom stereocenters. The Morgan fingerprint density at radius 1 is 1.19 bits per heavy atom. The molecule has 0 bridgehead atoms. The lowest BCUT2D eigenvalue weighted by Gasteiger charge is -2.30. The van der Waals surface area contributed by atoms with E-state index in [9.17, 15) is 9.90 Å². The molecule has 3 aromatic rings. The van der Waals surface area contributed by atoms with Gasteiger partial charge in [0, 0.05) is 68.9 Å². The van der Waals surface area contributed by atoms with Crippen molar-refractivity contribution in [3.05, 3.63) is 40.9 Å². The highest BCUT2D eigenvalue weighted by molar-refractivity contribution is 5.78. The Labute approximate surface area is 217 Å². The number of methoxy groups -OCH3 is 1. The second kappa shape index (κ2) is 12.0. The van der Waals surface area contributed by atoms with Crippen LogP contribution in [0.4, 0.5) is 5.82 Å². The number of hydrogen-bond donors (Lipinski definition) is 2. The van der Waals surface area contributed by atoms with Crippen molar-refractivity contribution in [1.82, 2.24) is 24.4 Å². The number of anilines is 1.